The molecule has 126 valence electrons. The predicted octanol–water partition coefficient (Wildman–Crippen LogP) is 1.28. The van der Waals surface area contributed by atoms with E-state index in [1.165, 1.54) is 18.0 Å². The molecule has 0 N–H and O–H groups in total. The van der Waals surface area contributed by atoms with Crippen LogP contribution in [0.5, 0.6) is 0 Å². The molecule has 9 heteroatoms. The molecule has 0 aliphatic carbocycles. The van der Waals surface area contributed by atoms with Crippen LogP contribution in [0.15, 0.2) is 18.2 Å². The average molecular weight is 364 g/mol. The lowest BCUT2D eigenvalue weighted by Crippen LogP contribution is -2.40. The van der Waals surface area contributed by atoms with Crippen LogP contribution in [0.3, 0.4) is 0 Å². The van der Waals surface area contributed by atoms with E-state index in [1.54, 1.807) is 0 Å². The van der Waals surface area contributed by atoms with Gasteiger partial charge in [-0.05, 0) is 24.6 Å². The molecule has 2 rings (SSSR count). The molecule has 0 aromatic heterocycles. The number of benzene rings is 1. The Morgan fingerprint density at radius 3 is 2.74 bits per heavy atom. The number of carbonyl (C=O) groups is 2. The van der Waals surface area contributed by atoms with E-state index in [0.29, 0.717) is 6.42 Å². The van der Waals surface area contributed by atoms with Crippen LogP contribution in [-0.2, 0) is 19.4 Å². The van der Waals surface area contributed by atoms with Crippen molar-refractivity contribution in [3.05, 3.63) is 34.6 Å². The minimum Gasteiger partial charge on any atom is -0.452 e. The van der Waals surface area contributed by atoms with E-state index in [1.807, 2.05) is 0 Å². The summed E-state index contributed by atoms with van der Waals surface area (Å²) in [6.07, 6.45) is 0.349. The van der Waals surface area contributed by atoms with E-state index >= 15 is 0 Å². The van der Waals surface area contributed by atoms with Gasteiger partial charge in [-0.1, -0.05) is 11.6 Å². The fourth-order valence-electron chi connectivity index (χ4n) is 2.25. The van der Waals surface area contributed by atoms with Crippen LogP contribution >= 0.6 is 11.6 Å². The van der Waals surface area contributed by atoms with Crippen LogP contribution < -0.4 is 0 Å². The van der Waals surface area contributed by atoms with Gasteiger partial charge in [0.05, 0.1) is 17.1 Å². The monoisotopic (exact) mass is 363 g/mol. The van der Waals surface area contributed by atoms with Crippen molar-refractivity contribution in [3.63, 3.8) is 0 Å². The van der Waals surface area contributed by atoms with Gasteiger partial charge < -0.3 is 9.64 Å². The molecule has 1 fully saturated rings. The van der Waals surface area contributed by atoms with E-state index in [0.717, 1.165) is 12.1 Å². The Kier molecular flexibility index (Phi) is 5.26. The average Bonchev–Trinajstić information content (AvgIpc) is 2.86. The highest BCUT2D eigenvalue weighted by molar-refractivity contribution is 7.91. The Morgan fingerprint density at radius 1 is 1.43 bits per heavy atom. The molecule has 1 aromatic rings. The lowest BCUT2D eigenvalue weighted by Gasteiger charge is -2.23. The SMILES string of the molecule is CN(C(=O)COC(=O)c1cc(Cl)ccc1F)C1CCS(=O)(=O)C1. The molecule has 1 aliphatic rings. The first kappa shape index (κ1) is 17.7. The molecule has 23 heavy (non-hydrogen) atoms. The molecular formula is C14H15ClFNO5S. The van der Waals surface area contributed by atoms with Crippen molar-refractivity contribution in [1.82, 2.24) is 4.90 Å². The number of halogens is 2. The number of carbonyl (C=O) groups excluding carboxylic acids is 2. The Labute approximate surface area is 138 Å². The Balaban J connectivity index is 1.93. The number of hydrogen-bond donors (Lipinski definition) is 0. The van der Waals surface area contributed by atoms with Gasteiger partial charge in [-0.2, -0.15) is 0 Å². The van der Waals surface area contributed by atoms with Crippen LogP contribution in [0.1, 0.15) is 16.8 Å². The van der Waals surface area contributed by atoms with Gasteiger partial charge in [-0.3, -0.25) is 4.79 Å². The van der Waals surface area contributed by atoms with Crippen molar-refractivity contribution in [1.29, 1.82) is 0 Å². The smallest absolute Gasteiger partial charge is 0.341 e. The highest BCUT2D eigenvalue weighted by Crippen LogP contribution is 2.18. The molecule has 0 spiro atoms. The second-order valence-electron chi connectivity index (χ2n) is 5.26. The predicted molar refractivity (Wildman–Crippen MR) is 81.5 cm³/mol. The van der Waals surface area contributed by atoms with Crippen LogP contribution in [0.4, 0.5) is 4.39 Å². The number of nitrogens with zero attached hydrogens (tertiary/aromatic N) is 1. The van der Waals surface area contributed by atoms with E-state index in [-0.39, 0.29) is 22.1 Å². The molecule has 6 nitrogen and oxygen atoms in total. The van der Waals surface area contributed by atoms with Crippen molar-refractivity contribution in [3.8, 4) is 0 Å². The fraction of sp³-hybridized carbons (Fsp3) is 0.429. The summed E-state index contributed by atoms with van der Waals surface area (Å²) in [6.45, 7) is -0.599. The van der Waals surface area contributed by atoms with Gasteiger partial charge in [-0.25, -0.2) is 17.6 Å². The van der Waals surface area contributed by atoms with Gasteiger partial charge in [0.15, 0.2) is 16.4 Å². The molecule has 1 aliphatic heterocycles. The molecule has 0 saturated carbocycles. The summed E-state index contributed by atoms with van der Waals surface area (Å²) in [5.74, 6) is -2.44. The van der Waals surface area contributed by atoms with Gasteiger partial charge >= 0.3 is 5.97 Å². The number of amides is 1. The van der Waals surface area contributed by atoms with Crippen molar-refractivity contribution in [2.45, 2.75) is 12.5 Å². The quantitative estimate of drug-likeness (QED) is 0.753. The number of rotatable bonds is 4. The maximum Gasteiger partial charge on any atom is 0.341 e. The maximum absolute atomic E-state index is 13.5. The Hall–Kier alpha value is -1.67. The van der Waals surface area contributed by atoms with Gasteiger partial charge in [0, 0.05) is 18.1 Å². The largest absolute Gasteiger partial charge is 0.452 e. The zero-order valence-corrected chi connectivity index (χ0v) is 13.9. The number of sulfone groups is 1. The number of likely N-dealkylation sites (N-methyl/N-ethyl adjacent to an activating group) is 1. The molecule has 0 bridgehead atoms. The Morgan fingerprint density at radius 2 is 2.13 bits per heavy atom. The molecule has 1 amide bonds. The normalized spacial score (nSPS) is 19.3. The van der Waals surface area contributed by atoms with Crippen molar-refractivity contribution >= 4 is 33.3 Å². The lowest BCUT2D eigenvalue weighted by molar-refractivity contribution is -0.134. The maximum atomic E-state index is 13.5. The van der Waals surface area contributed by atoms with E-state index < -0.39 is 40.2 Å². The molecule has 1 unspecified atom stereocenters. The zero-order chi connectivity index (χ0) is 17.2. The summed E-state index contributed by atoms with van der Waals surface area (Å²) < 4.78 is 41.1. The van der Waals surface area contributed by atoms with Crippen LogP contribution in [0.2, 0.25) is 5.02 Å². The zero-order valence-electron chi connectivity index (χ0n) is 12.3. The first-order valence-electron chi connectivity index (χ1n) is 6.78. The number of ether oxygens (including phenoxy) is 1. The molecule has 1 heterocycles. The molecule has 1 aromatic carbocycles. The second-order valence-corrected chi connectivity index (χ2v) is 7.93. The third-order valence-corrected chi connectivity index (χ3v) is 5.61. The Bertz CT molecular complexity index is 737. The summed E-state index contributed by atoms with van der Waals surface area (Å²) in [5, 5.41) is 0.165. The summed E-state index contributed by atoms with van der Waals surface area (Å²) >= 11 is 5.68. The number of esters is 1. The highest BCUT2D eigenvalue weighted by atomic mass is 35.5. The minimum absolute atomic E-state index is 0.0306. The molecule has 1 saturated heterocycles. The van der Waals surface area contributed by atoms with Gasteiger partial charge in [0.2, 0.25) is 0 Å². The van der Waals surface area contributed by atoms with Crippen LogP contribution in [-0.4, -0.2) is 56.4 Å². The minimum atomic E-state index is -3.12. The van der Waals surface area contributed by atoms with Crippen molar-refractivity contribution in [2.75, 3.05) is 25.2 Å². The first-order chi connectivity index (χ1) is 10.7. The second kappa shape index (κ2) is 6.84. The highest BCUT2D eigenvalue weighted by Gasteiger charge is 2.33. The van der Waals surface area contributed by atoms with Crippen LogP contribution in [0.25, 0.3) is 0 Å². The van der Waals surface area contributed by atoms with Crippen molar-refractivity contribution in [2.24, 2.45) is 0 Å². The van der Waals surface area contributed by atoms with Crippen molar-refractivity contribution < 1.29 is 27.1 Å². The van der Waals surface area contributed by atoms with Crippen LogP contribution in [0, 0.1) is 5.82 Å². The standard InChI is InChI=1S/C14H15ClFNO5S/c1-17(10-4-5-23(20,21)8-10)13(18)7-22-14(19)11-6-9(15)2-3-12(11)16/h2-3,6,10H,4-5,7-8H2,1H3. The molecular weight excluding hydrogens is 349 g/mol. The van der Waals surface area contributed by atoms with E-state index in [9.17, 15) is 22.4 Å². The van der Waals surface area contributed by atoms with Gasteiger partial charge in [0.25, 0.3) is 5.91 Å². The fourth-order valence-corrected chi connectivity index (χ4v) is 4.19. The third kappa shape index (κ3) is 4.42. The van der Waals surface area contributed by atoms with E-state index in [2.05, 4.69) is 0 Å². The lowest BCUT2D eigenvalue weighted by atomic mass is 10.2. The molecule has 1 atom stereocenters. The van der Waals surface area contributed by atoms with Gasteiger partial charge in [-0.15, -0.1) is 0 Å². The topological polar surface area (TPSA) is 80.8 Å². The summed E-state index contributed by atoms with van der Waals surface area (Å²) in [5.41, 5.74) is -0.364. The van der Waals surface area contributed by atoms with E-state index in [4.69, 9.17) is 16.3 Å². The summed E-state index contributed by atoms with van der Waals surface area (Å²) in [6, 6.07) is 2.98. The summed E-state index contributed by atoms with van der Waals surface area (Å²) in [7, 11) is -1.68. The third-order valence-electron chi connectivity index (χ3n) is 3.62. The molecule has 0 radical (unpaired) electrons. The van der Waals surface area contributed by atoms with Gasteiger partial charge in [0.1, 0.15) is 5.82 Å². The first-order valence-corrected chi connectivity index (χ1v) is 8.98. The summed E-state index contributed by atoms with van der Waals surface area (Å²) in [4.78, 5) is 25.0. The number of hydrogen-bond acceptors (Lipinski definition) is 5.